The SMILES string of the molecule is O=C(O)c1cc(C(=O)O)cc(-c2nn3[n+](n2)Cn2nc(-c4cc(C(=O)O)cc(C(=O)O)c4)n[n+]2C[n+]2nc(-c4cc(C(=O)O)cc(C(=O)O)c4)nn2C3)c1. The van der Waals surface area contributed by atoms with E-state index in [1.54, 1.807) is 0 Å². The van der Waals surface area contributed by atoms with Crippen LogP contribution in [0.4, 0.5) is 0 Å². The summed E-state index contributed by atoms with van der Waals surface area (Å²) >= 11 is 0. The summed E-state index contributed by atoms with van der Waals surface area (Å²) in [5.41, 5.74) is -2.14. The summed E-state index contributed by atoms with van der Waals surface area (Å²) in [5, 5.41) is 84.4. The predicted molar refractivity (Wildman–Crippen MR) is 165 cm³/mol. The smallest absolute Gasteiger partial charge is 0.339 e. The third kappa shape index (κ3) is 6.38. The lowest BCUT2D eigenvalue weighted by atomic mass is 10.1. The Labute approximate surface area is 296 Å². The monoisotopic (exact) mass is 741 g/mol. The van der Waals surface area contributed by atoms with Gasteiger partial charge in [0.05, 0.1) is 65.4 Å². The maximum atomic E-state index is 11.8. The van der Waals surface area contributed by atoms with Gasteiger partial charge in [-0.15, -0.1) is 0 Å². The zero-order chi connectivity index (χ0) is 38.6. The second-order valence-corrected chi connectivity index (χ2v) is 11.5. The zero-order valence-electron chi connectivity index (χ0n) is 26.8. The number of benzene rings is 3. The Bertz CT molecular complexity index is 2200. The quantitative estimate of drug-likeness (QED) is 0.0902. The van der Waals surface area contributed by atoms with Crippen molar-refractivity contribution in [2.24, 2.45) is 0 Å². The van der Waals surface area contributed by atoms with Crippen LogP contribution >= 0.6 is 0 Å². The minimum atomic E-state index is -1.41. The largest absolute Gasteiger partial charge is 0.478 e. The summed E-state index contributed by atoms with van der Waals surface area (Å²) in [6, 6.07) is 9.86. The van der Waals surface area contributed by atoms with E-state index in [9.17, 15) is 59.4 Å². The van der Waals surface area contributed by atoms with Gasteiger partial charge in [-0.25, -0.2) is 28.8 Å². The zero-order valence-corrected chi connectivity index (χ0v) is 26.8. The van der Waals surface area contributed by atoms with E-state index >= 15 is 0 Å². The molecular formula is C30H21N12O12+3. The van der Waals surface area contributed by atoms with E-state index in [4.69, 9.17) is 0 Å². The van der Waals surface area contributed by atoms with Gasteiger partial charge >= 0.3 is 60.0 Å². The number of fused-ring (bicyclic) bond motifs is 3. The van der Waals surface area contributed by atoms with Crippen LogP contribution in [0.5, 0.6) is 0 Å². The lowest BCUT2D eigenvalue weighted by Gasteiger charge is -2.00. The molecular weight excluding hydrogens is 720 g/mol. The number of aromatic nitrogens is 12. The van der Waals surface area contributed by atoms with Gasteiger partial charge in [-0.3, -0.25) is 0 Å². The summed E-state index contributed by atoms with van der Waals surface area (Å²) in [6.45, 7) is -0.888. The molecule has 270 valence electrons. The van der Waals surface area contributed by atoms with Gasteiger partial charge in [0.15, 0.2) is 0 Å². The first kappa shape index (κ1) is 34.2. The highest BCUT2D eigenvalue weighted by Crippen LogP contribution is 2.22. The fourth-order valence-corrected chi connectivity index (χ4v) is 5.35. The summed E-state index contributed by atoms with van der Waals surface area (Å²) in [7, 11) is 0. The first-order chi connectivity index (χ1) is 25.6. The van der Waals surface area contributed by atoms with Gasteiger partial charge < -0.3 is 30.6 Å². The normalized spacial score (nSPS) is 12.0. The summed E-state index contributed by atoms with van der Waals surface area (Å²) in [5.74, 6) is -8.89. The Kier molecular flexibility index (Phi) is 8.08. The molecule has 0 fully saturated rings. The topological polar surface area (TPSA) is 328 Å². The average Bonchev–Trinajstić information content (AvgIpc) is 3.85. The van der Waals surface area contributed by atoms with Crippen molar-refractivity contribution in [2.75, 3.05) is 0 Å². The van der Waals surface area contributed by atoms with Crippen molar-refractivity contribution >= 4 is 35.8 Å². The second kappa shape index (κ2) is 12.8. The number of nitrogens with zero attached hydrogens (tertiary/aromatic N) is 12. The predicted octanol–water partition coefficient (Wildman–Crippen LogP) is -1.66. The fourth-order valence-electron chi connectivity index (χ4n) is 5.35. The third-order valence-corrected chi connectivity index (χ3v) is 7.87. The summed E-state index contributed by atoms with van der Waals surface area (Å²) in [4.78, 5) is 78.2. The van der Waals surface area contributed by atoms with Crippen molar-refractivity contribution in [3.63, 3.8) is 0 Å². The van der Waals surface area contributed by atoms with Gasteiger partial charge in [0.25, 0.3) is 13.3 Å². The molecule has 1 aliphatic rings. The van der Waals surface area contributed by atoms with E-state index in [0.29, 0.717) is 0 Å². The summed E-state index contributed by atoms with van der Waals surface area (Å²) < 4.78 is 0. The molecule has 24 nitrogen and oxygen atoms in total. The first-order valence-corrected chi connectivity index (χ1v) is 15.1. The maximum absolute atomic E-state index is 11.8. The Morgan fingerprint density at radius 1 is 0.426 bits per heavy atom. The number of aromatic carboxylic acids is 6. The minimum absolute atomic E-state index is 0.00884. The third-order valence-electron chi connectivity index (χ3n) is 7.87. The number of hydrogen-bond donors (Lipinski definition) is 6. The molecule has 0 amide bonds. The fraction of sp³-hybridized carbons (Fsp3) is 0.100. The van der Waals surface area contributed by atoms with Crippen LogP contribution in [0.1, 0.15) is 62.1 Å². The molecule has 1 aliphatic heterocycles. The van der Waals surface area contributed by atoms with E-state index in [-0.39, 0.29) is 87.6 Å². The Balaban J connectivity index is 1.41. The lowest BCUT2D eigenvalue weighted by molar-refractivity contribution is -1.03. The van der Waals surface area contributed by atoms with Crippen molar-refractivity contribution in [2.45, 2.75) is 20.0 Å². The van der Waals surface area contributed by atoms with Gasteiger partial charge in [-0.2, -0.15) is 0 Å². The van der Waals surface area contributed by atoms with E-state index in [2.05, 4.69) is 30.6 Å². The molecule has 3 aromatic heterocycles. The van der Waals surface area contributed by atoms with Crippen molar-refractivity contribution < 1.29 is 73.8 Å². The lowest BCUT2D eigenvalue weighted by Crippen LogP contribution is -2.63. The molecule has 54 heavy (non-hydrogen) atoms. The number of carbonyl (C=O) groups is 6. The molecule has 0 aliphatic carbocycles. The summed E-state index contributed by atoms with van der Waals surface area (Å²) in [6.07, 6.45) is 0. The molecule has 4 heterocycles. The van der Waals surface area contributed by atoms with Gasteiger partial charge in [0.2, 0.25) is 0 Å². The van der Waals surface area contributed by atoms with E-state index in [1.807, 2.05) is 0 Å². The van der Waals surface area contributed by atoms with Crippen LogP contribution in [0.2, 0.25) is 0 Å². The minimum Gasteiger partial charge on any atom is -0.478 e. The number of carboxylic acids is 6. The molecule has 6 N–H and O–H groups in total. The Hall–Kier alpha value is -8.31. The number of rotatable bonds is 9. The van der Waals surface area contributed by atoms with Crippen LogP contribution in [0.25, 0.3) is 34.2 Å². The highest BCUT2D eigenvalue weighted by molar-refractivity contribution is 5.97. The molecule has 24 heteroatoms. The average molecular weight is 742 g/mol. The highest BCUT2D eigenvalue weighted by atomic mass is 16.4. The first-order valence-electron chi connectivity index (χ1n) is 15.1. The molecule has 6 aromatic rings. The van der Waals surface area contributed by atoms with Gasteiger partial charge in [-0.1, -0.05) is 0 Å². The molecule has 0 atom stereocenters. The van der Waals surface area contributed by atoms with Crippen LogP contribution in [-0.4, -0.2) is 111 Å². The van der Waals surface area contributed by atoms with E-state index < -0.39 is 35.8 Å². The maximum Gasteiger partial charge on any atom is 0.339 e. The Morgan fingerprint density at radius 3 is 1.04 bits per heavy atom. The van der Waals surface area contributed by atoms with Crippen molar-refractivity contribution in [3.05, 3.63) is 88.0 Å². The number of tetrazole rings is 3. The number of carboxylic acid groups (broad SMARTS) is 6. The van der Waals surface area contributed by atoms with Crippen LogP contribution in [0, 0.1) is 0 Å². The van der Waals surface area contributed by atoms with Crippen molar-refractivity contribution in [3.8, 4) is 34.2 Å². The molecule has 0 spiro atoms. The molecule has 0 unspecified atom stereocenters. The van der Waals surface area contributed by atoms with Gasteiger partial charge in [-0.05, 0) is 84.3 Å². The molecule has 7 rings (SSSR count). The molecule has 0 saturated heterocycles. The Morgan fingerprint density at radius 2 is 0.704 bits per heavy atom. The molecule has 0 bridgehead atoms. The second-order valence-electron chi connectivity index (χ2n) is 11.5. The molecule has 3 aromatic carbocycles. The van der Waals surface area contributed by atoms with E-state index in [1.165, 1.54) is 28.8 Å². The van der Waals surface area contributed by atoms with Crippen LogP contribution in [0.15, 0.2) is 54.6 Å². The van der Waals surface area contributed by atoms with Crippen molar-refractivity contribution in [1.29, 1.82) is 0 Å². The molecule has 0 saturated carbocycles. The van der Waals surface area contributed by atoms with Crippen molar-refractivity contribution in [1.82, 2.24) is 45.0 Å². The number of hydrogen-bond acceptors (Lipinski definition) is 12. The van der Waals surface area contributed by atoms with Gasteiger partial charge in [0, 0.05) is 14.4 Å². The van der Waals surface area contributed by atoms with Crippen LogP contribution in [0.3, 0.4) is 0 Å². The van der Waals surface area contributed by atoms with Gasteiger partial charge in [0.1, 0.15) is 0 Å². The van der Waals surface area contributed by atoms with Crippen LogP contribution in [-0.2, 0) is 20.0 Å². The molecule has 0 radical (unpaired) electrons. The van der Waals surface area contributed by atoms with E-state index in [0.717, 1.165) is 54.6 Å². The standard InChI is InChI=1S/C30H18N12O12/c43-25(44)16-1-13(2-17(7-16)26(45)46)22-31-37-10-39-33-23(14-3-18(27(47)48)8-19(4-14)28(49)50)35-41(39)12-42-36-24(34-40(42)11-38(37)32-22)15-5-20(29(51)52)9-21(6-15)30(53)54/h1-9H,10-12H2,(H3-3,43,44,45,46,47,48,49,50,51,52,53,54)/p+3. The highest BCUT2D eigenvalue weighted by Gasteiger charge is 2.35. The van der Waals surface area contributed by atoms with Crippen LogP contribution < -0.4 is 14.4 Å².